The first-order chi connectivity index (χ1) is 0. The standard InChI is InChI=1S/Al.AsH3.6ClH/h;1H3;6*1H/q+3;;;;;;;/p-3. The average Bonchev–Trinajstić information content (AvgIpc) is 0. The quantitative estimate of drug-likeness (QED) is 0.389. The number of hydrogen-bond donors (Lipinski definition) is 0. The van der Waals surface area contributed by atoms with Gasteiger partial charge < -0.3 is 37.2 Å². The van der Waals surface area contributed by atoms with E-state index >= 15 is 0 Å². The fraction of sp³-hybridized carbons (Fsp3) is 0. The molecule has 0 bridgehead atoms. The van der Waals surface area contributed by atoms with Gasteiger partial charge in [0.15, 0.2) is 0 Å². The Morgan fingerprint density at radius 3 is 0.500 bits per heavy atom. The van der Waals surface area contributed by atoms with Crippen molar-refractivity contribution >= 4 is 72.5 Å². The zero-order valence-electron chi connectivity index (χ0n) is 3.64. The SMILES string of the molecule is Cl.Cl.Cl.[Al+3].[AsH3].[Cl-].[Cl-].[Cl-]. The smallest absolute Gasteiger partial charge is 1.00 e. The summed E-state index contributed by atoms with van der Waals surface area (Å²) >= 11 is 0. The van der Waals surface area contributed by atoms with Crippen molar-refractivity contribution in [2.75, 3.05) is 0 Å². The van der Waals surface area contributed by atoms with E-state index in [2.05, 4.69) is 0 Å². The molecule has 1 atom stereocenters. The predicted octanol–water partition coefficient (Wildman–Crippen LogP) is -9.29. The van der Waals surface area contributed by atoms with Crippen LogP contribution in [-0.4, -0.2) is 35.3 Å². The minimum absolute atomic E-state index is 0. The molecule has 0 saturated carbocycles. The van der Waals surface area contributed by atoms with Crippen LogP contribution in [0.4, 0.5) is 0 Å². The average molecular weight is 321 g/mol. The van der Waals surface area contributed by atoms with Crippen molar-refractivity contribution in [1.29, 1.82) is 0 Å². The molecule has 0 aromatic carbocycles. The van der Waals surface area contributed by atoms with Crippen molar-refractivity contribution in [3.63, 3.8) is 0 Å². The zero-order valence-corrected chi connectivity index (χ0v) is 12.5. The molecular formula is H6AlAsCl6. The van der Waals surface area contributed by atoms with Gasteiger partial charge in [-0.2, -0.15) is 0 Å². The summed E-state index contributed by atoms with van der Waals surface area (Å²) in [6.07, 6.45) is 0. The van der Waals surface area contributed by atoms with Crippen LogP contribution in [0.5, 0.6) is 0 Å². The molecule has 0 spiro atoms. The van der Waals surface area contributed by atoms with Gasteiger partial charge in [0.05, 0.1) is 0 Å². The van der Waals surface area contributed by atoms with Crippen LogP contribution in [0, 0.1) is 0 Å². The maximum atomic E-state index is 0. The van der Waals surface area contributed by atoms with Gasteiger partial charge in [-0.25, -0.2) is 0 Å². The molecule has 0 heterocycles. The van der Waals surface area contributed by atoms with E-state index in [0.29, 0.717) is 0 Å². The number of rotatable bonds is 0. The molecule has 56 valence electrons. The topological polar surface area (TPSA) is 0 Å². The fourth-order valence-electron chi connectivity index (χ4n) is 0. The Morgan fingerprint density at radius 1 is 0.500 bits per heavy atom. The van der Waals surface area contributed by atoms with Crippen LogP contribution in [0.2, 0.25) is 0 Å². The van der Waals surface area contributed by atoms with Gasteiger partial charge in [0.25, 0.3) is 0 Å². The third-order valence-electron chi connectivity index (χ3n) is 0. The van der Waals surface area contributed by atoms with Gasteiger partial charge in [-0.05, 0) is 0 Å². The summed E-state index contributed by atoms with van der Waals surface area (Å²) in [5.74, 6) is 0. The van der Waals surface area contributed by atoms with Crippen LogP contribution in [0.3, 0.4) is 0 Å². The van der Waals surface area contributed by atoms with Gasteiger partial charge in [-0.3, -0.25) is 0 Å². The van der Waals surface area contributed by atoms with E-state index in [9.17, 15) is 0 Å². The van der Waals surface area contributed by atoms with E-state index in [1.54, 1.807) is 0 Å². The normalized spacial score (nSPS) is 0. The minimum Gasteiger partial charge on any atom is -1.00 e. The third kappa shape index (κ3) is 67.6. The van der Waals surface area contributed by atoms with E-state index in [1.807, 2.05) is 0 Å². The van der Waals surface area contributed by atoms with Gasteiger partial charge in [0.1, 0.15) is 0 Å². The van der Waals surface area contributed by atoms with Crippen molar-refractivity contribution in [1.82, 2.24) is 0 Å². The van der Waals surface area contributed by atoms with E-state index < -0.39 is 0 Å². The van der Waals surface area contributed by atoms with Gasteiger partial charge >= 0.3 is 35.3 Å². The molecule has 0 radical (unpaired) electrons. The van der Waals surface area contributed by atoms with Crippen molar-refractivity contribution in [3.05, 3.63) is 0 Å². The molecule has 0 nitrogen and oxygen atoms in total. The Labute approximate surface area is 109 Å². The largest absolute Gasteiger partial charge is 1.00 e. The van der Waals surface area contributed by atoms with Crippen LogP contribution < -0.4 is 37.2 Å². The molecular weight excluding hydrogens is 315 g/mol. The van der Waals surface area contributed by atoms with Gasteiger partial charge in [-0.15, -0.1) is 37.2 Å². The Morgan fingerprint density at radius 2 is 0.500 bits per heavy atom. The summed E-state index contributed by atoms with van der Waals surface area (Å²) in [6.45, 7) is 0. The number of hydrogen-bond acceptors (Lipinski definition) is 0. The monoisotopic (exact) mass is 318 g/mol. The Balaban J connectivity index is 0. The summed E-state index contributed by atoms with van der Waals surface area (Å²) in [5, 5.41) is 0. The van der Waals surface area contributed by atoms with Crippen molar-refractivity contribution < 1.29 is 37.2 Å². The zero-order chi connectivity index (χ0) is 0. The maximum absolute atomic E-state index is 0. The molecule has 8 heteroatoms. The van der Waals surface area contributed by atoms with E-state index in [-0.39, 0.29) is 110 Å². The Hall–Kier alpha value is 2.83. The van der Waals surface area contributed by atoms with Crippen LogP contribution in [0.25, 0.3) is 0 Å². The third-order valence-corrected chi connectivity index (χ3v) is 0. The minimum atomic E-state index is 0. The van der Waals surface area contributed by atoms with Crippen LogP contribution >= 0.6 is 37.2 Å². The summed E-state index contributed by atoms with van der Waals surface area (Å²) in [4.78, 5) is 0. The Kier molecular flexibility index (Phi) is 1560. The molecule has 0 aliphatic carbocycles. The molecule has 0 N–H and O–H groups in total. The van der Waals surface area contributed by atoms with Crippen LogP contribution in [-0.2, 0) is 0 Å². The van der Waals surface area contributed by atoms with Crippen molar-refractivity contribution in [3.8, 4) is 0 Å². The fourth-order valence-corrected chi connectivity index (χ4v) is 0. The second-order valence-corrected chi connectivity index (χ2v) is 0. The summed E-state index contributed by atoms with van der Waals surface area (Å²) in [7, 11) is 0. The van der Waals surface area contributed by atoms with Gasteiger partial charge in [0.2, 0.25) is 0 Å². The summed E-state index contributed by atoms with van der Waals surface area (Å²) in [6, 6.07) is 0. The molecule has 0 rings (SSSR count). The molecule has 0 aromatic heterocycles. The van der Waals surface area contributed by atoms with E-state index in [4.69, 9.17) is 0 Å². The predicted molar refractivity (Wildman–Crippen MR) is 37.4 cm³/mol. The summed E-state index contributed by atoms with van der Waals surface area (Å²) in [5.41, 5.74) is 0. The molecule has 0 aliphatic rings. The maximum Gasteiger partial charge on any atom is -1.00 e. The van der Waals surface area contributed by atoms with Gasteiger partial charge in [0, 0.05) is 0 Å². The first kappa shape index (κ1) is 131. The molecule has 0 aromatic rings. The molecule has 1 unspecified atom stereocenters. The molecule has 0 amide bonds. The van der Waals surface area contributed by atoms with Crippen LogP contribution in [0.15, 0.2) is 0 Å². The molecule has 0 saturated heterocycles. The summed E-state index contributed by atoms with van der Waals surface area (Å²) < 4.78 is 0. The second kappa shape index (κ2) is 95.7. The first-order valence-electron chi connectivity index (χ1n) is 0. The van der Waals surface area contributed by atoms with Crippen molar-refractivity contribution in [2.24, 2.45) is 0 Å². The van der Waals surface area contributed by atoms with Gasteiger partial charge in [-0.1, -0.05) is 0 Å². The first-order valence-corrected chi connectivity index (χ1v) is 0. The number of halogens is 6. The van der Waals surface area contributed by atoms with E-state index in [0.717, 1.165) is 0 Å². The van der Waals surface area contributed by atoms with Crippen LogP contribution in [0.1, 0.15) is 0 Å². The Bertz CT molecular complexity index is 8.49. The molecule has 8 heavy (non-hydrogen) atoms. The second-order valence-electron chi connectivity index (χ2n) is 0. The van der Waals surface area contributed by atoms with E-state index in [1.165, 1.54) is 0 Å². The molecule has 0 aliphatic heterocycles. The van der Waals surface area contributed by atoms with Crippen molar-refractivity contribution in [2.45, 2.75) is 0 Å². The molecule has 0 fully saturated rings.